The molecule has 44 valence electrons. The zero-order valence-electron chi connectivity index (χ0n) is 4.13. The zero-order chi connectivity index (χ0) is 5.98. The fourth-order valence-electron chi connectivity index (χ4n) is 0.491. The number of hydrazone groups is 1. The van der Waals surface area contributed by atoms with Gasteiger partial charge in [-0.05, 0) is 0 Å². The first-order valence-electron chi connectivity index (χ1n) is 2.27. The third-order valence-corrected chi connectivity index (χ3v) is 0.960. The van der Waals surface area contributed by atoms with Crippen LogP contribution in [0.25, 0.3) is 0 Å². The van der Waals surface area contributed by atoms with Gasteiger partial charge in [0.2, 0.25) is 0 Å². The summed E-state index contributed by atoms with van der Waals surface area (Å²) in [6.07, 6.45) is 1.33. The molecule has 0 aromatic rings. The van der Waals surface area contributed by atoms with Crippen LogP contribution in [0.2, 0.25) is 0 Å². The van der Waals surface area contributed by atoms with E-state index in [1.54, 1.807) is 0 Å². The molecule has 1 atom stereocenters. The second kappa shape index (κ2) is 1.81. The second-order valence-electron chi connectivity index (χ2n) is 1.57. The van der Waals surface area contributed by atoms with Gasteiger partial charge in [0.15, 0.2) is 0 Å². The van der Waals surface area contributed by atoms with Crippen LogP contribution in [0.4, 0.5) is 0 Å². The van der Waals surface area contributed by atoms with E-state index in [2.05, 4.69) is 10.5 Å². The van der Waals surface area contributed by atoms with E-state index in [0.717, 1.165) is 0 Å². The lowest BCUT2D eigenvalue weighted by Gasteiger charge is -2.03. The summed E-state index contributed by atoms with van der Waals surface area (Å²) in [4.78, 5) is 9.96. The molecular formula is C4H5N2O2-. The van der Waals surface area contributed by atoms with Crippen molar-refractivity contribution in [2.45, 2.75) is 0 Å². The quantitative estimate of drug-likeness (QED) is 0.425. The van der Waals surface area contributed by atoms with Crippen molar-refractivity contribution in [1.29, 1.82) is 0 Å². The number of aliphatic carboxylic acids is 1. The summed E-state index contributed by atoms with van der Waals surface area (Å²) in [6, 6.07) is 0. The van der Waals surface area contributed by atoms with E-state index in [1.165, 1.54) is 6.21 Å². The highest BCUT2D eigenvalue weighted by Crippen LogP contribution is 1.92. The molecule has 0 saturated carbocycles. The van der Waals surface area contributed by atoms with Crippen molar-refractivity contribution in [3.8, 4) is 0 Å². The molecule has 0 amide bonds. The molecule has 1 heterocycles. The maximum Gasteiger partial charge on any atom is 0.0546 e. The highest BCUT2D eigenvalue weighted by molar-refractivity contribution is 5.88. The van der Waals surface area contributed by atoms with Gasteiger partial charge in [-0.3, -0.25) is 0 Å². The molecule has 1 aliphatic heterocycles. The first kappa shape index (κ1) is 5.08. The van der Waals surface area contributed by atoms with Gasteiger partial charge in [-0.2, -0.15) is 5.10 Å². The Balaban J connectivity index is 2.48. The van der Waals surface area contributed by atoms with Crippen LogP contribution in [0, 0.1) is 5.92 Å². The lowest BCUT2D eigenvalue weighted by atomic mass is 10.2. The fraction of sp³-hybridized carbons (Fsp3) is 0.500. The molecule has 4 heteroatoms. The van der Waals surface area contributed by atoms with E-state index in [0.29, 0.717) is 6.54 Å². The van der Waals surface area contributed by atoms with Crippen molar-refractivity contribution in [3.63, 3.8) is 0 Å². The average molecular weight is 113 g/mol. The Morgan fingerprint density at radius 2 is 2.75 bits per heavy atom. The van der Waals surface area contributed by atoms with Gasteiger partial charge in [-0.1, -0.05) is 0 Å². The van der Waals surface area contributed by atoms with Crippen LogP contribution >= 0.6 is 0 Å². The summed E-state index contributed by atoms with van der Waals surface area (Å²) in [5.74, 6) is -1.60. The van der Waals surface area contributed by atoms with Crippen molar-refractivity contribution in [3.05, 3.63) is 0 Å². The van der Waals surface area contributed by atoms with E-state index in [4.69, 9.17) is 0 Å². The zero-order valence-corrected chi connectivity index (χ0v) is 4.13. The van der Waals surface area contributed by atoms with E-state index < -0.39 is 11.9 Å². The number of rotatable bonds is 1. The van der Waals surface area contributed by atoms with Crippen molar-refractivity contribution in [1.82, 2.24) is 5.43 Å². The molecule has 0 saturated heterocycles. The van der Waals surface area contributed by atoms with Crippen LogP contribution in [-0.4, -0.2) is 18.7 Å². The first-order valence-corrected chi connectivity index (χ1v) is 2.27. The molecule has 1 N–H and O–H groups in total. The standard InChI is InChI=1S/C4H6N2O2/c7-4(8)3-1-5-6-2-3/h1,3,6H,2H2,(H,7,8)/p-1. The van der Waals surface area contributed by atoms with Gasteiger partial charge in [0, 0.05) is 12.8 Å². The number of carbonyl (C=O) groups excluding carboxylic acids is 1. The molecule has 0 fully saturated rings. The minimum absolute atomic E-state index is 0.363. The van der Waals surface area contributed by atoms with E-state index in [1.807, 2.05) is 0 Å². The Labute approximate surface area is 46.2 Å². The fourth-order valence-corrected chi connectivity index (χ4v) is 0.491. The first-order chi connectivity index (χ1) is 3.80. The molecule has 0 aromatic heterocycles. The highest BCUT2D eigenvalue weighted by atomic mass is 16.4. The Hall–Kier alpha value is -1.06. The normalized spacial score (nSPS) is 25.2. The summed E-state index contributed by atoms with van der Waals surface area (Å²) in [6.45, 7) is 0.363. The van der Waals surface area contributed by atoms with Gasteiger partial charge >= 0.3 is 0 Å². The molecule has 8 heavy (non-hydrogen) atoms. The van der Waals surface area contributed by atoms with Crippen molar-refractivity contribution in [2.24, 2.45) is 11.0 Å². The average Bonchev–Trinajstić information content (AvgIpc) is 2.12. The van der Waals surface area contributed by atoms with Gasteiger partial charge < -0.3 is 15.3 Å². The van der Waals surface area contributed by atoms with Crippen molar-refractivity contribution < 1.29 is 9.90 Å². The van der Waals surface area contributed by atoms with Crippen LogP contribution in [0.5, 0.6) is 0 Å². The summed E-state index contributed by atoms with van der Waals surface area (Å²) in [5, 5.41) is 13.4. The van der Waals surface area contributed by atoms with Crippen LogP contribution in [-0.2, 0) is 4.79 Å². The number of hydrogen-bond acceptors (Lipinski definition) is 4. The lowest BCUT2D eigenvalue weighted by Crippen LogP contribution is -2.34. The minimum Gasteiger partial charge on any atom is -0.549 e. The monoisotopic (exact) mass is 113 g/mol. The maximum atomic E-state index is 9.96. The Bertz CT molecular complexity index is 132. The molecular weight excluding hydrogens is 108 g/mol. The summed E-state index contributed by atoms with van der Waals surface area (Å²) >= 11 is 0. The Morgan fingerprint density at radius 3 is 3.00 bits per heavy atom. The third kappa shape index (κ3) is 0.776. The summed E-state index contributed by atoms with van der Waals surface area (Å²) < 4.78 is 0. The van der Waals surface area contributed by atoms with Gasteiger partial charge in [0.25, 0.3) is 0 Å². The van der Waals surface area contributed by atoms with Crippen LogP contribution < -0.4 is 10.5 Å². The number of nitrogens with one attached hydrogen (secondary N) is 1. The third-order valence-electron chi connectivity index (χ3n) is 0.960. The number of carbonyl (C=O) groups is 1. The SMILES string of the molecule is O=C([O-])C1C=NNC1. The largest absolute Gasteiger partial charge is 0.549 e. The molecule has 1 unspecified atom stereocenters. The van der Waals surface area contributed by atoms with E-state index in [9.17, 15) is 9.90 Å². The van der Waals surface area contributed by atoms with Crippen LogP contribution in [0.1, 0.15) is 0 Å². The highest BCUT2D eigenvalue weighted by Gasteiger charge is 2.09. The van der Waals surface area contributed by atoms with Gasteiger partial charge in [0.05, 0.1) is 11.9 Å². The Kier molecular flexibility index (Phi) is 1.15. The summed E-state index contributed by atoms with van der Waals surface area (Å²) in [5.41, 5.74) is 2.50. The van der Waals surface area contributed by atoms with E-state index >= 15 is 0 Å². The maximum absolute atomic E-state index is 9.96. The molecule has 0 radical (unpaired) electrons. The van der Waals surface area contributed by atoms with Crippen molar-refractivity contribution in [2.75, 3.05) is 6.54 Å². The molecule has 0 aliphatic carbocycles. The number of hydrogen-bond donors (Lipinski definition) is 1. The number of nitrogens with zero attached hydrogens (tertiary/aromatic N) is 1. The molecule has 1 rings (SSSR count). The number of carboxylic acids is 1. The minimum atomic E-state index is -1.07. The topological polar surface area (TPSA) is 64.5 Å². The number of carboxylic acid groups (broad SMARTS) is 1. The molecule has 0 aromatic carbocycles. The van der Waals surface area contributed by atoms with Gasteiger partial charge in [-0.15, -0.1) is 0 Å². The second-order valence-corrected chi connectivity index (χ2v) is 1.57. The van der Waals surface area contributed by atoms with E-state index in [-0.39, 0.29) is 0 Å². The summed E-state index contributed by atoms with van der Waals surface area (Å²) in [7, 11) is 0. The molecule has 0 spiro atoms. The van der Waals surface area contributed by atoms with Crippen molar-refractivity contribution >= 4 is 12.2 Å². The molecule has 0 bridgehead atoms. The Morgan fingerprint density at radius 1 is 2.00 bits per heavy atom. The van der Waals surface area contributed by atoms with Crippen LogP contribution in [0.3, 0.4) is 0 Å². The van der Waals surface area contributed by atoms with Crippen LogP contribution in [0.15, 0.2) is 5.10 Å². The molecule has 1 aliphatic rings. The lowest BCUT2D eigenvalue weighted by molar-refractivity contribution is -0.308. The van der Waals surface area contributed by atoms with Gasteiger partial charge in [-0.25, -0.2) is 0 Å². The smallest absolute Gasteiger partial charge is 0.0546 e. The predicted molar refractivity (Wildman–Crippen MR) is 25.0 cm³/mol. The predicted octanol–water partition coefficient (Wildman–Crippen LogP) is -2.06. The molecule has 4 nitrogen and oxygen atoms in total. The van der Waals surface area contributed by atoms with Gasteiger partial charge in [0.1, 0.15) is 0 Å².